The van der Waals surface area contributed by atoms with Crippen LogP contribution in [0.4, 0.5) is 0 Å². The molecule has 4 nitrogen and oxygen atoms in total. The Morgan fingerprint density at radius 1 is 1.50 bits per heavy atom. The van der Waals surface area contributed by atoms with E-state index in [4.69, 9.17) is 4.74 Å². The number of aromatic nitrogens is 1. The molecule has 0 saturated carbocycles. The molecule has 0 aromatic carbocycles. The van der Waals surface area contributed by atoms with Gasteiger partial charge in [-0.05, 0) is 25.0 Å². The maximum absolute atomic E-state index is 12.1. The first-order valence-electron chi connectivity index (χ1n) is 6.16. The molecule has 96 valence electrons. The Morgan fingerprint density at radius 2 is 2.28 bits per heavy atom. The first-order valence-corrected chi connectivity index (χ1v) is 6.16. The molecule has 1 aromatic rings. The summed E-state index contributed by atoms with van der Waals surface area (Å²) in [4.78, 5) is 16.3. The Morgan fingerprint density at radius 3 is 2.89 bits per heavy atom. The number of ether oxygens (including phenoxy) is 1. The smallest absolute Gasteiger partial charge is 0.224 e. The summed E-state index contributed by atoms with van der Waals surface area (Å²) in [5.74, 6) is 0.140. The minimum atomic E-state index is -0.177. The van der Waals surface area contributed by atoms with Gasteiger partial charge in [-0.2, -0.15) is 0 Å². The van der Waals surface area contributed by atoms with Crippen molar-refractivity contribution in [3.05, 3.63) is 42.2 Å². The number of amides is 1. The van der Waals surface area contributed by atoms with Crippen molar-refractivity contribution in [3.63, 3.8) is 0 Å². The maximum Gasteiger partial charge on any atom is 0.224 e. The predicted molar refractivity (Wildman–Crippen MR) is 68.9 cm³/mol. The first kappa shape index (κ1) is 12.8. The lowest BCUT2D eigenvalue weighted by Gasteiger charge is -2.19. The fourth-order valence-corrected chi connectivity index (χ4v) is 2.07. The van der Waals surface area contributed by atoms with Crippen molar-refractivity contribution in [2.24, 2.45) is 5.92 Å². The minimum Gasteiger partial charge on any atom is -0.382 e. The van der Waals surface area contributed by atoms with Crippen LogP contribution in [0.1, 0.15) is 24.6 Å². The monoisotopic (exact) mass is 246 g/mol. The summed E-state index contributed by atoms with van der Waals surface area (Å²) in [6.45, 7) is 0.433. The van der Waals surface area contributed by atoms with Crippen LogP contribution in [0.25, 0.3) is 0 Å². The predicted octanol–water partition coefficient (Wildman–Crippen LogP) is 1.85. The second-order valence-corrected chi connectivity index (χ2v) is 4.41. The number of rotatable bonds is 5. The van der Waals surface area contributed by atoms with Crippen LogP contribution in [0.5, 0.6) is 0 Å². The topological polar surface area (TPSA) is 51.2 Å². The zero-order valence-electron chi connectivity index (χ0n) is 10.5. The van der Waals surface area contributed by atoms with Crippen molar-refractivity contribution >= 4 is 5.91 Å². The molecule has 1 heterocycles. The first-order chi connectivity index (χ1) is 8.81. The van der Waals surface area contributed by atoms with Crippen LogP contribution in [0.2, 0.25) is 0 Å². The lowest BCUT2D eigenvalue weighted by Crippen LogP contribution is -2.35. The highest BCUT2D eigenvalue weighted by Crippen LogP contribution is 2.19. The molecular formula is C14H18N2O2. The minimum absolute atomic E-state index is 0.0630. The van der Waals surface area contributed by atoms with Gasteiger partial charge in [-0.3, -0.25) is 9.78 Å². The van der Waals surface area contributed by atoms with Gasteiger partial charge in [0.2, 0.25) is 5.91 Å². The zero-order valence-corrected chi connectivity index (χ0v) is 10.5. The number of hydrogen-bond donors (Lipinski definition) is 1. The van der Waals surface area contributed by atoms with E-state index in [-0.39, 0.29) is 17.9 Å². The molecule has 0 radical (unpaired) electrons. The molecule has 0 bridgehead atoms. The SMILES string of the molecule is COC[C@H](NC(=O)C1CC=CC1)c1ccccn1. The van der Waals surface area contributed by atoms with Gasteiger partial charge in [0, 0.05) is 19.2 Å². The molecule has 0 fully saturated rings. The summed E-state index contributed by atoms with van der Waals surface area (Å²) in [6.07, 6.45) is 7.48. The van der Waals surface area contributed by atoms with Gasteiger partial charge in [-0.15, -0.1) is 0 Å². The van der Waals surface area contributed by atoms with Gasteiger partial charge in [0.05, 0.1) is 18.3 Å². The number of allylic oxidation sites excluding steroid dienone is 2. The third kappa shape index (κ3) is 3.17. The Kier molecular flexibility index (Phi) is 4.47. The van der Waals surface area contributed by atoms with Gasteiger partial charge in [-0.1, -0.05) is 18.2 Å². The number of pyridine rings is 1. The van der Waals surface area contributed by atoms with Crippen LogP contribution in [0.15, 0.2) is 36.5 Å². The normalized spacial score (nSPS) is 16.7. The highest BCUT2D eigenvalue weighted by molar-refractivity contribution is 5.79. The van der Waals surface area contributed by atoms with Crippen molar-refractivity contribution in [2.75, 3.05) is 13.7 Å². The number of methoxy groups -OCH3 is 1. The van der Waals surface area contributed by atoms with Gasteiger partial charge < -0.3 is 10.1 Å². The molecule has 0 aliphatic heterocycles. The third-order valence-electron chi connectivity index (χ3n) is 3.07. The summed E-state index contributed by atoms with van der Waals surface area (Å²) < 4.78 is 5.15. The molecule has 1 amide bonds. The van der Waals surface area contributed by atoms with E-state index in [2.05, 4.69) is 22.5 Å². The van der Waals surface area contributed by atoms with Crippen molar-refractivity contribution in [1.29, 1.82) is 0 Å². The van der Waals surface area contributed by atoms with Crippen LogP contribution in [-0.2, 0) is 9.53 Å². The molecule has 18 heavy (non-hydrogen) atoms. The van der Waals surface area contributed by atoms with E-state index in [1.165, 1.54) is 0 Å². The largest absolute Gasteiger partial charge is 0.382 e. The molecule has 0 spiro atoms. The van der Waals surface area contributed by atoms with Crippen LogP contribution in [-0.4, -0.2) is 24.6 Å². The number of nitrogens with zero attached hydrogens (tertiary/aromatic N) is 1. The average Bonchev–Trinajstić information content (AvgIpc) is 2.93. The Bertz CT molecular complexity index is 409. The number of hydrogen-bond acceptors (Lipinski definition) is 3. The van der Waals surface area contributed by atoms with Gasteiger partial charge >= 0.3 is 0 Å². The standard InChI is InChI=1S/C14H18N2O2/c1-18-10-13(12-8-4-5-9-15-12)16-14(17)11-6-2-3-7-11/h2-5,8-9,11,13H,6-7,10H2,1H3,(H,16,17)/t13-/m0/s1. The van der Waals surface area contributed by atoms with Crippen LogP contribution >= 0.6 is 0 Å². The van der Waals surface area contributed by atoms with E-state index < -0.39 is 0 Å². The third-order valence-corrected chi connectivity index (χ3v) is 3.07. The molecule has 1 aromatic heterocycles. The number of carbonyl (C=O) groups is 1. The second-order valence-electron chi connectivity index (χ2n) is 4.41. The van der Waals surface area contributed by atoms with Crippen molar-refractivity contribution in [3.8, 4) is 0 Å². The van der Waals surface area contributed by atoms with Gasteiger partial charge in [0.25, 0.3) is 0 Å². The molecular weight excluding hydrogens is 228 g/mol. The number of carbonyl (C=O) groups excluding carboxylic acids is 1. The van der Waals surface area contributed by atoms with Crippen LogP contribution < -0.4 is 5.32 Å². The van der Waals surface area contributed by atoms with E-state index in [1.54, 1.807) is 13.3 Å². The second kappa shape index (κ2) is 6.31. The van der Waals surface area contributed by atoms with Gasteiger partial charge in [0.15, 0.2) is 0 Å². The molecule has 1 atom stereocenters. The molecule has 2 rings (SSSR count). The molecule has 0 saturated heterocycles. The van der Waals surface area contributed by atoms with E-state index >= 15 is 0 Å². The fraction of sp³-hybridized carbons (Fsp3) is 0.429. The van der Waals surface area contributed by atoms with Crippen LogP contribution in [0.3, 0.4) is 0 Å². The van der Waals surface area contributed by atoms with E-state index in [9.17, 15) is 4.79 Å². The molecule has 4 heteroatoms. The van der Waals surface area contributed by atoms with E-state index in [0.717, 1.165) is 18.5 Å². The van der Waals surface area contributed by atoms with E-state index in [0.29, 0.717) is 6.61 Å². The van der Waals surface area contributed by atoms with Crippen molar-refractivity contribution in [1.82, 2.24) is 10.3 Å². The summed E-state index contributed by atoms with van der Waals surface area (Å²) >= 11 is 0. The average molecular weight is 246 g/mol. The lowest BCUT2D eigenvalue weighted by molar-refractivity contribution is -0.125. The van der Waals surface area contributed by atoms with Gasteiger partial charge in [-0.25, -0.2) is 0 Å². The fourth-order valence-electron chi connectivity index (χ4n) is 2.07. The van der Waals surface area contributed by atoms with Crippen molar-refractivity contribution < 1.29 is 9.53 Å². The van der Waals surface area contributed by atoms with Gasteiger partial charge in [0.1, 0.15) is 0 Å². The van der Waals surface area contributed by atoms with Crippen molar-refractivity contribution in [2.45, 2.75) is 18.9 Å². The highest BCUT2D eigenvalue weighted by atomic mass is 16.5. The zero-order chi connectivity index (χ0) is 12.8. The molecule has 1 aliphatic rings. The Labute approximate surface area is 107 Å². The van der Waals surface area contributed by atoms with E-state index in [1.807, 2.05) is 18.2 Å². The Hall–Kier alpha value is -1.68. The summed E-state index contributed by atoms with van der Waals surface area (Å²) in [7, 11) is 1.62. The molecule has 0 unspecified atom stereocenters. The Balaban J connectivity index is 2.00. The lowest BCUT2D eigenvalue weighted by atomic mass is 10.1. The number of nitrogens with one attached hydrogen (secondary N) is 1. The summed E-state index contributed by atoms with van der Waals surface area (Å²) in [5.41, 5.74) is 0.832. The molecule has 1 aliphatic carbocycles. The summed E-state index contributed by atoms with van der Waals surface area (Å²) in [5, 5.41) is 3.01. The molecule has 1 N–H and O–H groups in total. The maximum atomic E-state index is 12.1. The quantitative estimate of drug-likeness (QED) is 0.807. The highest BCUT2D eigenvalue weighted by Gasteiger charge is 2.23. The summed E-state index contributed by atoms with van der Waals surface area (Å²) in [6, 6.07) is 5.49. The van der Waals surface area contributed by atoms with Crippen LogP contribution in [0, 0.1) is 5.92 Å².